The Morgan fingerprint density at radius 2 is 2.33 bits per heavy atom. The highest BCUT2D eigenvalue weighted by Crippen LogP contribution is 2.19. The Kier molecular flexibility index (Phi) is 4.78. The number of thioether (sulfide) groups is 1. The first-order valence-electron chi connectivity index (χ1n) is 6.24. The number of amides is 1. The second-order valence-corrected chi connectivity index (χ2v) is 5.69. The van der Waals surface area contributed by atoms with Crippen molar-refractivity contribution >= 4 is 29.5 Å². The smallest absolute Gasteiger partial charge is 0.389 e. The Hall–Kier alpha value is -2.10. The zero-order valence-electron chi connectivity index (χ0n) is 11.0. The molecule has 0 bridgehead atoms. The average Bonchev–Trinajstić information content (AvgIpc) is 2.87. The monoisotopic (exact) mass is 314 g/mol. The van der Waals surface area contributed by atoms with Gasteiger partial charge in [-0.05, 0) is 4.92 Å². The Labute approximate surface area is 124 Å². The first-order valence-corrected chi connectivity index (χ1v) is 7.39. The van der Waals surface area contributed by atoms with Gasteiger partial charge in [-0.15, -0.1) is 0 Å². The Bertz CT molecular complexity index is 561. The molecule has 10 heteroatoms. The van der Waals surface area contributed by atoms with Crippen LogP contribution in [0.25, 0.3) is 0 Å². The molecule has 1 fully saturated rings. The molecule has 1 atom stereocenters. The van der Waals surface area contributed by atoms with E-state index in [4.69, 9.17) is 5.11 Å². The third-order valence-corrected chi connectivity index (χ3v) is 4.16. The van der Waals surface area contributed by atoms with E-state index >= 15 is 0 Å². The summed E-state index contributed by atoms with van der Waals surface area (Å²) < 4.78 is 1.19. The Morgan fingerprint density at radius 3 is 2.95 bits per heavy atom. The topological polar surface area (TPSA) is 119 Å². The maximum atomic E-state index is 12.2. The standard InChI is InChI=1S/C11H14N4O5S/c16-10(6-13-2-1-9(12-13)15(19)20)14-3-4-21-7-8(14)5-11(17)18/h1-2,8H,3-7H2,(H,17,18). The molecule has 0 spiro atoms. The van der Waals surface area contributed by atoms with Gasteiger partial charge in [0.25, 0.3) is 0 Å². The molecule has 1 N–H and O–H groups in total. The Balaban J connectivity index is 2.02. The fraction of sp³-hybridized carbons (Fsp3) is 0.545. The lowest BCUT2D eigenvalue weighted by Gasteiger charge is -2.34. The van der Waals surface area contributed by atoms with Crippen LogP contribution in [0.4, 0.5) is 5.82 Å². The van der Waals surface area contributed by atoms with Crippen molar-refractivity contribution < 1.29 is 19.6 Å². The molecule has 0 radical (unpaired) electrons. The summed E-state index contributed by atoms with van der Waals surface area (Å²) in [6, 6.07) is 0.868. The minimum absolute atomic E-state index is 0.0992. The average molecular weight is 314 g/mol. The van der Waals surface area contributed by atoms with Crippen molar-refractivity contribution in [2.75, 3.05) is 18.1 Å². The second kappa shape index (κ2) is 6.57. The van der Waals surface area contributed by atoms with Crippen LogP contribution in [-0.2, 0) is 16.1 Å². The zero-order chi connectivity index (χ0) is 15.4. The molecular formula is C11H14N4O5S. The molecule has 0 saturated carbocycles. The van der Waals surface area contributed by atoms with Crippen LogP contribution in [0.1, 0.15) is 6.42 Å². The summed E-state index contributed by atoms with van der Waals surface area (Å²) in [6.45, 7) is 0.347. The van der Waals surface area contributed by atoms with Gasteiger partial charge in [-0.25, -0.2) is 0 Å². The van der Waals surface area contributed by atoms with Crippen molar-refractivity contribution in [3.05, 3.63) is 22.4 Å². The van der Waals surface area contributed by atoms with Crippen molar-refractivity contribution in [1.82, 2.24) is 14.7 Å². The van der Waals surface area contributed by atoms with E-state index in [1.54, 1.807) is 11.8 Å². The van der Waals surface area contributed by atoms with E-state index in [9.17, 15) is 19.7 Å². The van der Waals surface area contributed by atoms with Gasteiger partial charge >= 0.3 is 11.8 Å². The molecule has 9 nitrogen and oxygen atoms in total. The molecule has 1 amide bonds. The molecule has 1 aromatic rings. The number of hydrogen-bond donors (Lipinski definition) is 1. The van der Waals surface area contributed by atoms with Crippen LogP contribution < -0.4 is 0 Å². The summed E-state index contributed by atoms with van der Waals surface area (Å²) in [5, 5.41) is 23.1. The van der Waals surface area contributed by atoms with Crippen LogP contribution in [0.15, 0.2) is 12.3 Å². The number of carboxylic acid groups (broad SMARTS) is 1. The van der Waals surface area contributed by atoms with Gasteiger partial charge in [0, 0.05) is 18.1 Å². The lowest BCUT2D eigenvalue weighted by Crippen LogP contribution is -2.48. The molecule has 114 valence electrons. The SMILES string of the molecule is O=C(O)CC1CSCCN1C(=O)Cn1ccc([N+](=O)[O-])n1. The van der Waals surface area contributed by atoms with E-state index in [2.05, 4.69) is 5.10 Å². The maximum absolute atomic E-state index is 12.2. The van der Waals surface area contributed by atoms with Gasteiger partial charge < -0.3 is 20.1 Å². The number of rotatable bonds is 5. The van der Waals surface area contributed by atoms with E-state index in [0.717, 1.165) is 5.75 Å². The van der Waals surface area contributed by atoms with Crippen molar-refractivity contribution in [3.8, 4) is 0 Å². The van der Waals surface area contributed by atoms with Gasteiger partial charge in [0.15, 0.2) is 0 Å². The quantitative estimate of drug-likeness (QED) is 0.609. The molecule has 2 rings (SSSR count). The fourth-order valence-electron chi connectivity index (χ4n) is 2.12. The summed E-state index contributed by atoms with van der Waals surface area (Å²) in [6.07, 6.45) is 1.26. The van der Waals surface area contributed by atoms with Crippen LogP contribution in [0.5, 0.6) is 0 Å². The number of nitro groups is 1. The molecular weight excluding hydrogens is 300 g/mol. The zero-order valence-corrected chi connectivity index (χ0v) is 11.9. The summed E-state index contributed by atoms with van der Waals surface area (Å²) >= 11 is 1.61. The number of carboxylic acids is 1. The molecule has 21 heavy (non-hydrogen) atoms. The third kappa shape index (κ3) is 3.94. The van der Waals surface area contributed by atoms with Gasteiger partial charge in [-0.1, -0.05) is 0 Å². The minimum Gasteiger partial charge on any atom is -0.481 e. The summed E-state index contributed by atoms with van der Waals surface area (Å²) in [5.74, 6) is -0.216. The van der Waals surface area contributed by atoms with E-state index in [0.29, 0.717) is 12.3 Å². The minimum atomic E-state index is -0.949. The van der Waals surface area contributed by atoms with E-state index in [-0.39, 0.29) is 30.7 Å². The van der Waals surface area contributed by atoms with Crippen molar-refractivity contribution in [3.63, 3.8) is 0 Å². The highest BCUT2D eigenvalue weighted by molar-refractivity contribution is 7.99. The number of hydrogen-bond acceptors (Lipinski definition) is 6. The van der Waals surface area contributed by atoms with E-state index < -0.39 is 10.9 Å². The number of nitrogens with zero attached hydrogens (tertiary/aromatic N) is 4. The highest BCUT2D eigenvalue weighted by atomic mass is 32.2. The van der Waals surface area contributed by atoms with Crippen LogP contribution in [-0.4, -0.2) is 60.7 Å². The predicted octanol–water partition coefficient (Wildman–Crippen LogP) is 0.210. The van der Waals surface area contributed by atoms with Crippen molar-refractivity contribution in [1.29, 1.82) is 0 Å². The normalized spacial score (nSPS) is 18.5. The molecule has 2 heterocycles. The van der Waals surface area contributed by atoms with Gasteiger partial charge in [0.2, 0.25) is 5.91 Å². The first-order chi connectivity index (χ1) is 9.97. The first kappa shape index (κ1) is 15.3. The summed E-state index contributed by atoms with van der Waals surface area (Å²) in [4.78, 5) is 34.5. The molecule has 0 aliphatic carbocycles. The highest BCUT2D eigenvalue weighted by Gasteiger charge is 2.29. The number of carbonyl (C=O) groups excluding carboxylic acids is 1. The van der Waals surface area contributed by atoms with Gasteiger partial charge in [0.05, 0.1) is 29.8 Å². The van der Waals surface area contributed by atoms with Crippen LogP contribution >= 0.6 is 11.8 Å². The number of aliphatic carboxylic acids is 1. The van der Waals surface area contributed by atoms with Gasteiger partial charge in [-0.3, -0.25) is 9.59 Å². The molecule has 1 unspecified atom stereocenters. The molecule has 1 aromatic heterocycles. The predicted molar refractivity (Wildman–Crippen MR) is 74.0 cm³/mol. The van der Waals surface area contributed by atoms with Crippen molar-refractivity contribution in [2.24, 2.45) is 0 Å². The van der Waals surface area contributed by atoms with E-state index in [1.165, 1.54) is 21.8 Å². The van der Waals surface area contributed by atoms with Crippen LogP contribution in [0.3, 0.4) is 0 Å². The molecule has 1 aliphatic rings. The summed E-state index contributed by atoms with van der Waals surface area (Å²) in [5.41, 5.74) is 0. The van der Waals surface area contributed by atoms with Crippen molar-refractivity contribution in [2.45, 2.75) is 19.0 Å². The molecule has 1 aliphatic heterocycles. The largest absolute Gasteiger partial charge is 0.481 e. The number of aromatic nitrogens is 2. The van der Waals surface area contributed by atoms with Gasteiger partial charge in [0.1, 0.15) is 6.54 Å². The van der Waals surface area contributed by atoms with Crippen LogP contribution in [0, 0.1) is 10.1 Å². The fourth-order valence-corrected chi connectivity index (χ4v) is 3.18. The molecule has 1 saturated heterocycles. The number of carbonyl (C=O) groups is 2. The van der Waals surface area contributed by atoms with E-state index in [1.807, 2.05) is 0 Å². The maximum Gasteiger partial charge on any atom is 0.389 e. The lowest BCUT2D eigenvalue weighted by molar-refractivity contribution is -0.389. The Morgan fingerprint density at radius 1 is 1.57 bits per heavy atom. The molecule has 0 aromatic carbocycles. The van der Waals surface area contributed by atoms with Crippen LogP contribution in [0.2, 0.25) is 0 Å². The lowest BCUT2D eigenvalue weighted by atomic mass is 10.2. The summed E-state index contributed by atoms with van der Waals surface area (Å²) in [7, 11) is 0. The third-order valence-electron chi connectivity index (χ3n) is 3.07. The second-order valence-electron chi connectivity index (χ2n) is 4.54. The van der Waals surface area contributed by atoms with Gasteiger partial charge in [-0.2, -0.15) is 16.4 Å².